The molecule has 0 spiro atoms. The first-order chi connectivity index (χ1) is 8.13. The summed E-state index contributed by atoms with van der Waals surface area (Å²) in [5.74, 6) is 1.30. The van der Waals surface area contributed by atoms with E-state index in [9.17, 15) is 4.21 Å². The molecule has 0 radical (unpaired) electrons. The molecule has 6 heteroatoms. The van der Waals surface area contributed by atoms with E-state index in [2.05, 4.69) is 9.97 Å². The first kappa shape index (κ1) is 12.4. The van der Waals surface area contributed by atoms with Crippen molar-refractivity contribution in [1.82, 2.24) is 14.5 Å². The van der Waals surface area contributed by atoms with Crippen molar-refractivity contribution in [2.45, 2.75) is 20.4 Å². The van der Waals surface area contributed by atoms with Crippen LogP contribution in [0, 0.1) is 11.7 Å². The third-order valence-electron chi connectivity index (χ3n) is 2.74. The van der Waals surface area contributed by atoms with Gasteiger partial charge in [-0.15, -0.1) is 0 Å². The molecule has 0 bridgehead atoms. The van der Waals surface area contributed by atoms with Gasteiger partial charge in [-0.05, 0) is 30.8 Å². The molecule has 1 N–H and O–H groups in total. The van der Waals surface area contributed by atoms with Gasteiger partial charge in [-0.1, -0.05) is 6.92 Å². The summed E-state index contributed by atoms with van der Waals surface area (Å²) in [6.45, 7) is 4.59. The van der Waals surface area contributed by atoms with Crippen molar-refractivity contribution in [2.75, 3.05) is 11.5 Å². The molecule has 0 aliphatic rings. The van der Waals surface area contributed by atoms with E-state index in [1.807, 2.05) is 24.5 Å². The van der Waals surface area contributed by atoms with Gasteiger partial charge in [-0.25, -0.2) is 4.98 Å². The normalized spacial score (nSPS) is 13.1. The van der Waals surface area contributed by atoms with Crippen molar-refractivity contribution in [3.63, 3.8) is 0 Å². The average molecular weight is 269 g/mol. The number of imidazole rings is 1. The van der Waals surface area contributed by atoms with Gasteiger partial charge < -0.3 is 9.55 Å². The molecular formula is C11H15N3OS2. The number of nitrogens with one attached hydrogen (secondary N) is 1. The van der Waals surface area contributed by atoms with E-state index in [4.69, 9.17) is 12.2 Å². The SMILES string of the molecule is CCS(=O)CCn1c(=S)[nH]c2c(C)ccnc21. The molecule has 0 aliphatic carbocycles. The fourth-order valence-electron chi connectivity index (χ4n) is 1.72. The number of aryl methyl sites for hydroxylation is 2. The Morgan fingerprint density at radius 1 is 1.59 bits per heavy atom. The summed E-state index contributed by atoms with van der Waals surface area (Å²) in [4.78, 5) is 7.49. The van der Waals surface area contributed by atoms with Crippen LogP contribution in [-0.2, 0) is 17.3 Å². The second-order valence-electron chi connectivity index (χ2n) is 3.84. The molecule has 0 fully saturated rings. The minimum Gasteiger partial charge on any atom is -0.329 e. The Labute approximate surface area is 108 Å². The van der Waals surface area contributed by atoms with Crippen LogP contribution in [0.2, 0.25) is 0 Å². The minimum atomic E-state index is -0.777. The Kier molecular flexibility index (Phi) is 3.73. The quantitative estimate of drug-likeness (QED) is 0.865. The lowest BCUT2D eigenvalue weighted by Gasteiger charge is -2.03. The highest BCUT2D eigenvalue weighted by molar-refractivity contribution is 7.84. The van der Waals surface area contributed by atoms with Crippen LogP contribution in [0.1, 0.15) is 12.5 Å². The zero-order chi connectivity index (χ0) is 12.4. The average Bonchev–Trinajstić information content (AvgIpc) is 2.64. The Hall–Kier alpha value is -1.01. The Morgan fingerprint density at radius 3 is 3.06 bits per heavy atom. The van der Waals surface area contributed by atoms with Crippen molar-refractivity contribution >= 4 is 34.2 Å². The van der Waals surface area contributed by atoms with Crippen LogP contribution in [0.4, 0.5) is 0 Å². The lowest BCUT2D eigenvalue weighted by atomic mass is 10.3. The van der Waals surface area contributed by atoms with Gasteiger partial charge in [-0.2, -0.15) is 0 Å². The molecule has 1 unspecified atom stereocenters. The standard InChI is InChI=1S/C11H15N3OS2/c1-3-17(15)7-6-14-10-9(13-11(14)16)8(2)4-5-12-10/h4-5H,3,6-7H2,1-2H3,(H,13,16). The Balaban J connectivity index is 2.40. The second-order valence-corrected chi connectivity index (χ2v) is 6.09. The fourth-order valence-corrected chi connectivity index (χ4v) is 2.67. The molecule has 2 aromatic heterocycles. The summed E-state index contributed by atoms with van der Waals surface area (Å²) in [7, 11) is -0.777. The van der Waals surface area contributed by atoms with Crippen molar-refractivity contribution < 1.29 is 4.21 Å². The van der Waals surface area contributed by atoms with Crippen molar-refractivity contribution in [3.05, 3.63) is 22.6 Å². The second kappa shape index (κ2) is 5.10. The van der Waals surface area contributed by atoms with Crippen LogP contribution in [0.15, 0.2) is 12.3 Å². The number of pyridine rings is 1. The van der Waals surface area contributed by atoms with Gasteiger partial charge in [-0.3, -0.25) is 4.21 Å². The number of fused-ring (bicyclic) bond motifs is 1. The van der Waals surface area contributed by atoms with Gasteiger partial charge in [0.25, 0.3) is 0 Å². The van der Waals surface area contributed by atoms with E-state index in [0.29, 0.717) is 22.8 Å². The van der Waals surface area contributed by atoms with Crippen LogP contribution in [0.25, 0.3) is 11.2 Å². The molecule has 0 amide bonds. The third kappa shape index (κ3) is 2.47. The molecule has 2 aromatic rings. The zero-order valence-corrected chi connectivity index (χ0v) is 11.5. The number of aromatic amines is 1. The lowest BCUT2D eigenvalue weighted by molar-refractivity contribution is 0.675. The fraction of sp³-hybridized carbons (Fsp3) is 0.455. The third-order valence-corrected chi connectivity index (χ3v) is 4.34. The van der Waals surface area contributed by atoms with Gasteiger partial charge in [0, 0.05) is 35.0 Å². The van der Waals surface area contributed by atoms with Gasteiger partial charge in [0.1, 0.15) is 0 Å². The smallest absolute Gasteiger partial charge is 0.179 e. The molecule has 4 nitrogen and oxygen atoms in total. The van der Waals surface area contributed by atoms with Crippen molar-refractivity contribution in [2.24, 2.45) is 0 Å². The van der Waals surface area contributed by atoms with Crippen LogP contribution in [0.5, 0.6) is 0 Å². The molecule has 92 valence electrons. The summed E-state index contributed by atoms with van der Waals surface area (Å²) in [6.07, 6.45) is 1.77. The number of rotatable bonds is 4. The molecule has 17 heavy (non-hydrogen) atoms. The zero-order valence-electron chi connectivity index (χ0n) is 9.90. The number of hydrogen-bond acceptors (Lipinski definition) is 3. The van der Waals surface area contributed by atoms with Gasteiger partial charge in [0.05, 0.1) is 5.52 Å². The van der Waals surface area contributed by atoms with Crippen LogP contribution in [-0.4, -0.2) is 30.2 Å². The van der Waals surface area contributed by atoms with E-state index in [1.165, 1.54) is 0 Å². The molecule has 0 aromatic carbocycles. The predicted octanol–water partition coefficient (Wildman–Crippen LogP) is 2.17. The summed E-state index contributed by atoms with van der Waals surface area (Å²) in [5.41, 5.74) is 2.94. The van der Waals surface area contributed by atoms with Gasteiger partial charge in [0.2, 0.25) is 0 Å². The topological polar surface area (TPSA) is 50.7 Å². The molecule has 2 heterocycles. The minimum absolute atomic E-state index is 0.618. The molecule has 0 saturated carbocycles. The van der Waals surface area contributed by atoms with Gasteiger partial charge in [0.15, 0.2) is 10.4 Å². The first-order valence-corrected chi connectivity index (χ1v) is 7.42. The molecule has 2 rings (SSSR count). The predicted molar refractivity (Wildman–Crippen MR) is 73.2 cm³/mol. The maximum Gasteiger partial charge on any atom is 0.179 e. The number of H-pyrrole nitrogens is 1. The molecule has 0 saturated heterocycles. The Morgan fingerprint density at radius 2 is 2.35 bits per heavy atom. The maximum atomic E-state index is 11.5. The van der Waals surface area contributed by atoms with E-state index in [-0.39, 0.29) is 0 Å². The highest BCUT2D eigenvalue weighted by Gasteiger charge is 2.08. The maximum absolute atomic E-state index is 11.5. The van der Waals surface area contributed by atoms with E-state index in [0.717, 1.165) is 16.7 Å². The van der Waals surface area contributed by atoms with E-state index >= 15 is 0 Å². The molecular weight excluding hydrogens is 254 g/mol. The largest absolute Gasteiger partial charge is 0.329 e. The van der Waals surface area contributed by atoms with Crippen LogP contribution < -0.4 is 0 Å². The first-order valence-electron chi connectivity index (χ1n) is 5.52. The summed E-state index contributed by atoms with van der Waals surface area (Å²) in [5, 5.41) is 0. The summed E-state index contributed by atoms with van der Waals surface area (Å²) >= 11 is 5.27. The number of nitrogens with zero attached hydrogens (tertiary/aromatic N) is 2. The molecule has 1 atom stereocenters. The summed E-state index contributed by atoms with van der Waals surface area (Å²) < 4.78 is 14.0. The van der Waals surface area contributed by atoms with Gasteiger partial charge >= 0.3 is 0 Å². The van der Waals surface area contributed by atoms with Crippen molar-refractivity contribution in [1.29, 1.82) is 0 Å². The monoisotopic (exact) mass is 269 g/mol. The van der Waals surface area contributed by atoms with E-state index in [1.54, 1.807) is 6.20 Å². The molecule has 0 aliphatic heterocycles. The lowest BCUT2D eigenvalue weighted by Crippen LogP contribution is -2.09. The van der Waals surface area contributed by atoms with Crippen LogP contribution in [0.3, 0.4) is 0 Å². The van der Waals surface area contributed by atoms with E-state index < -0.39 is 10.8 Å². The van der Waals surface area contributed by atoms with Crippen LogP contribution >= 0.6 is 12.2 Å². The van der Waals surface area contributed by atoms with Crippen molar-refractivity contribution in [3.8, 4) is 0 Å². The highest BCUT2D eigenvalue weighted by atomic mass is 32.2. The Bertz CT molecular complexity index is 615. The highest BCUT2D eigenvalue weighted by Crippen LogP contribution is 2.15. The summed E-state index contributed by atoms with van der Waals surface area (Å²) in [6, 6.07) is 1.95. The number of aromatic nitrogens is 3. The number of hydrogen-bond donors (Lipinski definition) is 1.